The summed E-state index contributed by atoms with van der Waals surface area (Å²) in [6.07, 6.45) is 0. The number of aromatic hydroxyl groups is 1. The third kappa shape index (κ3) is 4.46. The molecule has 0 atom stereocenters. The summed E-state index contributed by atoms with van der Waals surface area (Å²) in [5, 5.41) is 40.0. The zero-order valence-corrected chi connectivity index (χ0v) is 19.5. The highest BCUT2D eigenvalue weighted by Crippen LogP contribution is 2.40. The number of aryl methyl sites for hydroxylation is 1. The normalized spacial score (nSPS) is 11.7. The van der Waals surface area contributed by atoms with Gasteiger partial charge in [0.15, 0.2) is 5.69 Å². The summed E-state index contributed by atoms with van der Waals surface area (Å²) in [6.45, 7) is 2.26. The number of carboxylic acid groups (broad SMARTS) is 1. The van der Waals surface area contributed by atoms with E-state index in [0.717, 1.165) is 18.2 Å². The number of carbonyl (C=O) groups is 1. The highest BCUT2D eigenvalue weighted by molar-refractivity contribution is 7.92. The van der Waals surface area contributed by atoms with Crippen LogP contribution in [0.3, 0.4) is 0 Å². The van der Waals surface area contributed by atoms with Crippen LogP contribution in [0.5, 0.6) is 5.88 Å². The molecule has 3 aromatic carbocycles. The molecule has 0 bridgehead atoms. The van der Waals surface area contributed by atoms with Gasteiger partial charge >= 0.3 is 5.97 Å². The van der Waals surface area contributed by atoms with Crippen molar-refractivity contribution >= 4 is 49.6 Å². The molecular formula is C23H19N5O7S. The Labute approximate surface area is 204 Å². The Hall–Kier alpha value is -4.78. The maximum Gasteiger partial charge on any atom is 0.337 e. The minimum absolute atomic E-state index is 0.0957. The molecule has 4 aromatic rings. The molecule has 0 spiro atoms. The van der Waals surface area contributed by atoms with Crippen LogP contribution in [0.2, 0.25) is 0 Å². The number of hydrogen-bond acceptors (Lipinski definition) is 8. The molecule has 184 valence electrons. The number of benzene rings is 3. The van der Waals surface area contributed by atoms with Gasteiger partial charge in [-0.3, -0.25) is 14.8 Å². The molecule has 0 saturated heterocycles. The highest BCUT2D eigenvalue weighted by Gasteiger charge is 2.25. The summed E-state index contributed by atoms with van der Waals surface area (Å²) >= 11 is 0. The van der Waals surface area contributed by atoms with Gasteiger partial charge in [0.05, 0.1) is 21.7 Å². The Morgan fingerprint density at radius 3 is 2.47 bits per heavy atom. The number of anilines is 1. The smallest absolute Gasteiger partial charge is 0.337 e. The molecule has 0 amide bonds. The van der Waals surface area contributed by atoms with E-state index in [1.165, 1.54) is 24.3 Å². The van der Waals surface area contributed by atoms with Crippen molar-refractivity contribution in [1.82, 2.24) is 4.57 Å². The van der Waals surface area contributed by atoms with E-state index in [2.05, 4.69) is 15.0 Å². The monoisotopic (exact) mass is 509 g/mol. The molecule has 0 aliphatic rings. The first-order valence-corrected chi connectivity index (χ1v) is 12.0. The Kier molecular flexibility index (Phi) is 6.40. The predicted molar refractivity (Wildman–Crippen MR) is 131 cm³/mol. The first kappa shape index (κ1) is 24.3. The fraction of sp³-hybridized carbons (Fsp3) is 0.0870. The summed E-state index contributed by atoms with van der Waals surface area (Å²) in [7, 11) is -4.55. The van der Waals surface area contributed by atoms with Crippen molar-refractivity contribution < 1.29 is 28.3 Å². The van der Waals surface area contributed by atoms with Gasteiger partial charge in [-0.25, -0.2) is 13.2 Å². The van der Waals surface area contributed by atoms with Crippen LogP contribution < -0.4 is 4.72 Å². The minimum atomic E-state index is -4.55. The number of rotatable bonds is 8. The number of non-ortho nitro benzene ring substituents is 1. The maximum absolute atomic E-state index is 13.2. The molecular weight excluding hydrogens is 490 g/mol. The van der Waals surface area contributed by atoms with Gasteiger partial charge in [0.25, 0.3) is 15.7 Å². The lowest BCUT2D eigenvalue weighted by Crippen LogP contribution is -2.16. The minimum Gasteiger partial charge on any atom is -0.493 e. The largest absolute Gasteiger partial charge is 0.493 e. The molecule has 1 aromatic heterocycles. The van der Waals surface area contributed by atoms with Crippen molar-refractivity contribution in [2.24, 2.45) is 10.2 Å². The second-order valence-corrected chi connectivity index (χ2v) is 9.15. The van der Waals surface area contributed by atoms with Gasteiger partial charge in [0.1, 0.15) is 10.6 Å². The fourth-order valence-electron chi connectivity index (χ4n) is 3.67. The van der Waals surface area contributed by atoms with Crippen LogP contribution >= 0.6 is 0 Å². The van der Waals surface area contributed by atoms with Crippen molar-refractivity contribution in [3.63, 3.8) is 0 Å². The van der Waals surface area contributed by atoms with Gasteiger partial charge in [-0.1, -0.05) is 30.3 Å². The van der Waals surface area contributed by atoms with Crippen LogP contribution in [-0.2, 0) is 16.6 Å². The number of nitrogens with zero attached hydrogens (tertiary/aromatic N) is 4. The van der Waals surface area contributed by atoms with E-state index in [1.54, 1.807) is 28.8 Å². The van der Waals surface area contributed by atoms with Crippen LogP contribution in [-0.4, -0.2) is 34.1 Å². The molecule has 0 fully saturated rings. The molecule has 0 aliphatic carbocycles. The maximum atomic E-state index is 13.2. The quantitative estimate of drug-likeness (QED) is 0.166. The molecule has 0 unspecified atom stereocenters. The van der Waals surface area contributed by atoms with Crippen LogP contribution in [0.1, 0.15) is 17.3 Å². The second-order valence-electron chi connectivity index (χ2n) is 7.50. The Balaban J connectivity index is 1.84. The number of aromatic nitrogens is 1. The topological polar surface area (TPSA) is 176 Å². The summed E-state index contributed by atoms with van der Waals surface area (Å²) in [4.78, 5) is 21.4. The first-order chi connectivity index (χ1) is 17.1. The molecule has 4 rings (SSSR count). The van der Waals surface area contributed by atoms with Crippen molar-refractivity contribution in [1.29, 1.82) is 0 Å². The molecule has 3 N–H and O–H groups in total. The molecule has 13 heteroatoms. The fourth-order valence-corrected chi connectivity index (χ4v) is 4.90. The molecule has 12 nitrogen and oxygen atoms in total. The van der Waals surface area contributed by atoms with Crippen molar-refractivity contribution in [2.75, 3.05) is 4.72 Å². The Morgan fingerprint density at radius 1 is 1.08 bits per heavy atom. The van der Waals surface area contributed by atoms with Crippen molar-refractivity contribution in [2.45, 2.75) is 18.4 Å². The average molecular weight is 510 g/mol. The van der Waals surface area contributed by atoms with Gasteiger partial charge in [-0.2, -0.15) is 0 Å². The first-order valence-electron chi connectivity index (χ1n) is 10.5. The van der Waals surface area contributed by atoms with E-state index >= 15 is 0 Å². The molecule has 0 saturated carbocycles. The van der Waals surface area contributed by atoms with E-state index in [1.807, 2.05) is 6.92 Å². The average Bonchev–Trinajstić information content (AvgIpc) is 3.12. The number of fused-ring (bicyclic) bond motifs is 1. The second kappa shape index (κ2) is 9.46. The molecule has 0 radical (unpaired) electrons. The third-order valence-electron chi connectivity index (χ3n) is 5.34. The van der Waals surface area contributed by atoms with Crippen LogP contribution in [0, 0.1) is 10.1 Å². The predicted octanol–water partition coefficient (Wildman–Crippen LogP) is 5.19. The number of hydrogen-bond donors (Lipinski definition) is 3. The van der Waals surface area contributed by atoms with Gasteiger partial charge in [-0.15, -0.1) is 10.2 Å². The number of carboxylic acids is 1. The van der Waals surface area contributed by atoms with E-state index in [0.29, 0.717) is 17.4 Å². The Bertz CT molecular complexity index is 1640. The number of nitrogens with one attached hydrogen (secondary N) is 1. The Morgan fingerprint density at radius 2 is 1.78 bits per heavy atom. The van der Waals surface area contributed by atoms with Crippen molar-refractivity contribution in [3.8, 4) is 5.88 Å². The van der Waals surface area contributed by atoms with Crippen LogP contribution in [0.25, 0.3) is 10.9 Å². The molecule has 36 heavy (non-hydrogen) atoms. The number of aromatic carboxylic acids is 1. The lowest BCUT2D eigenvalue weighted by Gasteiger charge is -2.11. The number of nitro benzene ring substituents is 1. The van der Waals surface area contributed by atoms with Gasteiger partial charge in [-0.05, 0) is 31.2 Å². The van der Waals surface area contributed by atoms with Gasteiger partial charge in [0, 0.05) is 24.1 Å². The molecule has 0 aliphatic heterocycles. The van der Waals surface area contributed by atoms with Crippen LogP contribution in [0.4, 0.5) is 22.7 Å². The summed E-state index contributed by atoms with van der Waals surface area (Å²) in [5.41, 5.74) is -0.539. The number of sulfonamides is 1. The van der Waals surface area contributed by atoms with E-state index in [9.17, 15) is 33.5 Å². The number of azo groups is 1. The summed E-state index contributed by atoms with van der Waals surface area (Å²) < 4.78 is 30.2. The standard InChI is InChI=1S/C23H19N5O7S/c1-2-27-19-10-6-4-8-16(19)21(22(27)29)25-24-18-12-11-14(28(32)33)13-20(18)36(34,35)26-17-9-5-3-7-15(17)23(30)31/h3-13,26,29H,2H2,1H3,(H,30,31). The lowest BCUT2D eigenvalue weighted by atomic mass is 10.2. The molecule has 1 heterocycles. The lowest BCUT2D eigenvalue weighted by molar-refractivity contribution is -0.385. The summed E-state index contributed by atoms with van der Waals surface area (Å²) in [5.74, 6) is -1.54. The highest BCUT2D eigenvalue weighted by atomic mass is 32.2. The van der Waals surface area contributed by atoms with Crippen molar-refractivity contribution in [3.05, 3.63) is 82.4 Å². The van der Waals surface area contributed by atoms with E-state index < -0.39 is 31.5 Å². The number of nitro groups is 1. The zero-order chi connectivity index (χ0) is 26.0. The number of para-hydroxylation sites is 2. The van der Waals surface area contributed by atoms with Crippen LogP contribution in [0.15, 0.2) is 81.9 Å². The van der Waals surface area contributed by atoms with E-state index in [4.69, 9.17) is 0 Å². The van der Waals surface area contributed by atoms with E-state index in [-0.39, 0.29) is 28.5 Å². The summed E-state index contributed by atoms with van der Waals surface area (Å²) in [6, 6.07) is 15.3. The van der Waals surface area contributed by atoms with Gasteiger partial charge < -0.3 is 14.8 Å². The van der Waals surface area contributed by atoms with Gasteiger partial charge in [0.2, 0.25) is 5.88 Å². The SMILES string of the molecule is CCn1c(O)c(N=Nc2ccc([N+](=O)[O-])cc2S(=O)(=O)Nc2ccccc2C(=O)O)c2ccccc21. The third-order valence-corrected chi connectivity index (χ3v) is 6.73. The zero-order valence-electron chi connectivity index (χ0n) is 18.7.